The minimum atomic E-state index is -0.0911. The van der Waals surface area contributed by atoms with Crippen LogP contribution in [0.1, 0.15) is 16.7 Å². The van der Waals surface area contributed by atoms with Crippen LogP contribution in [0.4, 0.5) is 5.00 Å². The van der Waals surface area contributed by atoms with Crippen molar-refractivity contribution in [3.63, 3.8) is 0 Å². The van der Waals surface area contributed by atoms with Crippen molar-refractivity contribution in [1.82, 2.24) is 0 Å². The molecule has 2 aromatic rings. The van der Waals surface area contributed by atoms with E-state index in [-0.39, 0.29) is 4.74 Å². The van der Waals surface area contributed by atoms with Crippen LogP contribution in [0.5, 0.6) is 5.75 Å². The van der Waals surface area contributed by atoms with Gasteiger partial charge in [0.2, 0.25) is 0 Å². The van der Waals surface area contributed by atoms with Crippen LogP contribution in [0, 0.1) is 13.8 Å². The molecule has 102 valence electrons. The van der Waals surface area contributed by atoms with Crippen LogP contribution in [0.3, 0.4) is 0 Å². The lowest BCUT2D eigenvalue weighted by molar-refractivity contribution is 0.466. The highest BCUT2D eigenvalue weighted by molar-refractivity contribution is 7.70. The maximum absolute atomic E-state index is 11.4. The normalized spacial score (nSPS) is 10.7. The average Bonchev–Trinajstić information content (AvgIpc) is 2.67. The summed E-state index contributed by atoms with van der Waals surface area (Å²) in [5, 5.41) is 10.8. The molecule has 6 heteroatoms. The topological polar surface area (TPSA) is 40.5 Å². The summed E-state index contributed by atoms with van der Waals surface area (Å²) in [6.07, 6.45) is 0. The van der Waals surface area contributed by atoms with Gasteiger partial charge in [0.1, 0.15) is 15.8 Å². The highest BCUT2D eigenvalue weighted by Crippen LogP contribution is 2.32. The number of anilines is 1. The van der Waals surface area contributed by atoms with Gasteiger partial charge < -0.3 is 10.0 Å². The first kappa shape index (κ1) is 14.4. The van der Waals surface area contributed by atoms with E-state index < -0.39 is 0 Å². The van der Waals surface area contributed by atoms with Crippen LogP contribution in [-0.4, -0.2) is 12.2 Å². The van der Waals surface area contributed by atoms with Gasteiger partial charge in [-0.25, -0.2) is 0 Å². The highest BCUT2D eigenvalue weighted by atomic mass is 35.5. The van der Waals surface area contributed by atoms with Crippen molar-refractivity contribution in [1.29, 1.82) is 0 Å². The molecule has 0 aliphatic carbocycles. The molecule has 0 atom stereocenters. The first-order chi connectivity index (χ1) is 8.90. The molecule has 0 amide bonds. The number of halogens is 1. The third-order valence-corrected chi connectivity index (χ3v) is 5.75. The van der Waals surface area contributed by atoms with Crippen molar-refractivity contribution in [3.8, 4) is 5.75 Å². The molecule has 0 aliphatic rings. The van der Waals surface area contributed by atoms with E-state index in [2.05, 4.69) is 0 Å². The zero-order valence-electron chi connectivity index (χ0n) is 10.9. The summed E-state index contributed by atoms with van der Waals surface area (Å²) >= 11 is 5.98. The second kappa shape index (κ2) is 5.53. The molecule has 1 heterocycles. The summed E-state index contributed by atoms with van der Waals surface area (Å²) in [6, 6.07) is 3.89. The minimum Gasteiger partial charge on any atom is -0.507 e. The van der Waals surface area contributed by atoms with E-state index in [1.165, 1.54) is 10.3 Å². The quantitative estimate of drug-likeness (QED) is 0.876. The van der Waals surface area contributed by atoms with Crippen LogP contribution in [0.15, 0.2) is 16.9 Å². The van der Waals surface area contributed by atoms with Crippen LogP contribution < -0.4 is 9.64 Å². The van der Waals surface area contributed by atoms with E-state index >= 15 is 0 Å². The van der Waals surface area contributed by atoms with Gasteiger partial charge in [-0.05, 0) is 40.9 Å². The van der Waals surface area contributed by atoms with E-state index in [0.29, 0.717) is 17.3 Å². The fourth-order valence-corrected chi connectivity index (χ4v) is 4.69. The Hall–Kier alpha value is -1.04. The molecule has 1 N–H and O–H groups in total. The number of hydrogen-bond acceptors (Lipinski definition) is 5. The van der Waals surface area contributed by atoms with E-state index in [0.717, 1.165) is 32.0 Å². The van der Waals surface area contributed by atoms with Crippen molar-refractivity contribution in [2.24, 2.45) is 0 Å². The van der Waals surface area contributed by atoms with Gasteiger partial charge in [-0.2, -0.15) is 0 Å². The van der Waals surface area contributed by atoms with Gasteiger partial charge in [0.25, 0.3) is 4.74 Å². The first-order valence-electron chi connectivity index (χ1n) is 5.69. The van der Waals surface area contributed by atoms with Gasteiger partial charge in [-0.3, -0.25) is 4.79 Å². The molecule has 0 unspecified atom stereocenters. The van der Waals surface area contributed by atoms with Crippen LogP contribution in [0.25, 0.3) is 0 Å². The number of phenols is 1. The number of nitrogens with zero attached hydrogens (tertiary/aromatic N) is 1. The standard InChI is InChI=1S/C13H14ClNO2S2/c1-7-4-9(5-8(2)11(7)16)6-15(3)12-10(14)13(17)19-18-12/h4-5,16H,6H2,1-3H3. The fraction of sp³-hybridized carbons (Fsp3) is 0.308. The second-order valence-corrected chi connectivity index (χ2v) is 6.98. The zero-order chi connectivity index (χ0) is 14.2. The molecule has 0 fully saturated rings. The summed E-state index contributed by atoms with van der Waals surface area (Å²) in [5.41, 5.74) is 2.79. The summed E-state index contributed by atoms with van der Waals surface area (Å²) in [7, 11) is 4.44. The summed E-state index contributed by atoms with van der Waals surface area (Å²) in [5.74, 6) is 0.338. The van der Waals surface area contributed by atoms with E-state index in [1.54, 1.807) is 0 Å². The van der Waals surface area contributed by atoms with Crippen molar-refractivity contribution in [3.05, 3.63) is 43.4 Å². The van der Waals surface area contributed by atoms with Gasteiger partial charge in [0, 0.05) is 13.6 Å². The van der Waals surface area contributed by atoms with Gasteiger partial charge >= 0.3 is 0 Å². The summed E-state index contributed by atoms with van der Waals surface area (Å²) < 4.78 is -0.0911. The Morgan fingerprint density at radius 2 is 1.84 bits per heavy atom. The molecule has 1 aromatic carbocycles. The smallest absolute Gasteiger partial charge is 0.263 e. The molecule has 0 bridgehead atoms. The molecular weight excluding hydrogens is 302 g/mol. The van der Waals surface area contributed by atoms with E-state index in [9.17, 15) is 9.90 Å². The minimum absolute atomic E-state index is 0.0911. The number of rotatable bonds is 3. The van der Waals surface area contributed by atoms with Crippen molar-refractivity contribution < 1.29 is 5.11 Å². The summed E-state index contributed by atoms with van der Waals surface area (Å²) in [4.78, 5) is 13.3. The predicted octanol–water partition coefficient (Wildman–Crippen LogP) is 3.78. The largest absolute Gasteiger partial charge is 0.507 e. The van der Waals surface area contributed by atoms with E-state index in [4.69, 9.17) is 11.6 Å². The highest BCUT2D eigenvalue weighted by Gasteiger charge is 2.13. The van der Waals surface area contributed by atoms with Crippen LogP contribution >= 0.6 is 32.3 Å². The lowest BCUT2D eigenvalue weighted by atomic mass is 10.1. The first-order valence-corrected chi connectivity index (χ1v) is 8.21. The number of phenolic OH excluding ortho intramolecular Hbond substituents is 1. The number of aromatic hydroxyl groups is 1. The van der Waals surface area contributed by atoms with Crippen molar-refractivity contribution in [2.75, 3.05) is 11.9 Å². The fourth-order valence-electron chi connectivity index (χ4n) is 1.95. The molecule has 2 rings (SSSR count). The Morgan fingerprint density at radius 1 is 1.26 bits per heavy atom. The molecule has 0 saturated carbocycles. The third kappa shape index (κ3) is 2.94. The van der Waals surface area contributed by atoms with Crippen LogP contribution in [-0.2, 0) is 6.54 Å². The maximum atomic E-state index is 11.4. The Morgan fingerprint density at radius 3 is 2.32 bits per heavy atom. The summed E-state index contributed by atoms with van der Waals surface area (Å²) in [6.45, 7) is 4.40. The molecule has 19 heavy (non-hydrogen) atoms. The van der Waals surface area contributed by atoms with Gasteiger partial charge in [-0.1, -0.05) is 34.1 Å². The van der Waals surface area contributed by atoms with Crippen LogP contribution in [0.2, 0.25) is 5.02 Å². The van der Waals surface area contributed by atoms with Crippen molar-refractivity contribution >= 4 is 37.3 Å². The van der Waals surface area contributed by atoms with Gasteiger partial charge in [-0.15, -0.1) is 0 Å². The monoisotopic (exact) mass is 315 g/mol. The molecule has 3 nitrogen and oxygen atoms in total. The van der Waals surface area contributed by atoms with Gasteiger partial charge in [0.05, 0.1) is 0 Å². The Balaban J connectivity index is 2.26. The number of aryl methyl sites for hydroxylation is 2. The molecule has 0 spiro atoms. The van der Waals surface area contributed by atoms with E-state index in [1.807, 2.05) is 37.9 Å². The Labute approximate surface area is 124 Å². The lowest BCUT2D eigenvalue weighted by Crippen LogP contribution is -2.16. The molecule has 1 aromatic heterocycles. The Kier molecular flexibility index (Phi) is 4.18. The van der Waals surface area contributed by atoms with Crippen molar-refractivity contribution in [2.45, 2.75) is 20.4 Å². The molecule has 0 saturated heterocycles. The number of hydrogen-bond donors (Lipinski definition) is 1. The lowest BCUT2D eigenvalue weighted by Gasteiger charge is -2.18. The predicted molar refractivity (Wildman–Crippen MR) is 83.2 cm³/mol. The Bertz CT molecular complexity index is 640. The number of benzene rings is 1. The molecular formula is C13H14ClNO2S2. The molecule has 0 aliphatic heterocycles. The zero-order valence-corrected chi connectivity index (χ0v) is 13.2. The SMILES string of the molecule is Cc1cc(CN(C)c2ssc(=O)c2Cl)cc(C)c1O. The molecule has 0 radical (unpaired) electrons. The second-order valence-electron chi connectivity index (χ2n) is 4.51. The third-order valence-electron chi connectivity index (χ3n) is 2.88. The maximum Gasteiger partial charge on any atom is 0.263 e. The average molecular weight is 316 g/mol. The van der Waals surface area contributed by atoms with Gasteiger partial charge in [0.15, 0.2) is 0 Å².